The van der Waals surface area contributed by atoms with E-state index in [2.05, 4.69) is 57.5 Å². The highest BCUT2D eigenvalue weighted by molar-refractivity contribution is 9.11. The van der Waals surface area contributed by atoms with Crippen molar-refractivity contribution >= 4 is 59.4 Å². The smallest absolute Gasteiger partial charge is 0.357 e. The summed E-state index contributed by atoms with van der Waals surface area (Å²) in [5.74, 6) is -0.495. The number of halogens is 3. The SMILES string of the molecule is COC(=O)c1nc(Br)c(N)c(Br)c1CBr. The molecule has 0 aliphatic heterocycles. The molecule has 0 aliphatic carbocycles. The number of methoxy groups -OCH3 is 1. The van der Waals surface area contributed by atoms with E-state index in [1.807, 2.05) is 0 Å². The van der Waals surface area contributed by atoms with E-state index in [1.165, 1.54) is 7.11 Å². The van der Waals surface area contributed by atoms with Gasteiger partial charge in [0.2, 0.25) is 0 Å². The molecular formula is C8H7Br3N2O2. The Bertz CT molecular complexity index is 409. The van der Waals surface area contributed by atoms with Crippen LogP contribution in [0.2, 0.25) is 0 Å². The fraction of sp³-hybridized carbons (Fsp3) is 0.250. The van der Waals surface area contributed by atoms with Crippen molar-refractivity contribution in [3.8, 4) is 0 Å². The Morgan fingerprint density at radius 3 is 2.60 bits per heavy atom. The van der Waals surface area contributed by atoms with Crippen LogP contribution >= 0.6 is 47.8 Å². The van der Waals surface area contributed by atoms with Gasteiger partial charge in [-0.25, -0.2) is 9.78 Å². The number of nitrogens with zero attached hydrogens (tertiary/aromatic N) is 1. The zero-order valence-electron chi connectivity index (χ0n) is 7.68. The largest absolute Gasteiger partial charge is 0.464 e. The average Bonchev–Trinajstić information content (AvgIpc) is 2.24. The molecule has 0 aromatic carbocycles. The van der Waals surface area contributed by atoms with Crippen LogP contribution in [0, 0.1) is 0 Å². The number of nitrogen functional groups attached to an aromatic ring is 1. The maximum Gasteiger partial charge on any atom is 0.357 e. The van der Waals surface area contributed by atoms with Gasteiger partial charge in [0, 0.05) is 15.4 Å². The Morgan fingerprint density at radius 2 is 2.13 bits per heavy atom. The third kappa shape index (κ3) is 2.51. The minimum absolute atomic E-state index is 0.238. The lowest BCUT2D eigenvalue weighted by Crippen LogP contribution is -2.10. The summed E-state index contributed by atoms with van der Waals surface area (Å²) in [6, 6.07) is 0. The first-order valence-corrected chi connectivity index (χ1v) is 6.51. The maximum absolute atomic E-state index is 11.4. The number of hydrogen-bond acceptors (Lipinski definition) is 4. The van der Waals surface area contributed by atoms with Crippen molar-refractivity contribution in [2.24, 2.45) is 0 Å². The van der Waals surface area contributed by atoms with Gasteiger partial charge in [-0.05, 0) is 31.9 Å². The van der Waals surface area contributed by atoms with Crippen molar-refractivity contribution in [1.82, 2.24) is 4.98 Å². The predicted molar refractivity (Wildman–Crippen MR) is 68.0 cm³/mol. The van der Waals surface area contributed by atoms with E-state index in [0.717, 1.165) is 0 Å². The zero-order chi connectivity index (χ0) is 11.6. The monoisotopic (exact) mass is 400 g/mol. The molecule has 1 rings (SSSR count). The van der Waals surface area contributed by atoms with Crippen molar-refractivity contribution < 1.29 is 9.53 Å². The van der Waals surface area contributed by atoms with Gasteiger partial charge in [0.05, 0.1) is 12.8 Å². The molecule has 0 bridgehead atoms. The molecule has 82 valence electrons. The number of aromatic nitrogens is 1. The van der Waals surface area contributed by atoms with Gasteiger partial charge in [0.25, 0.3) is 0 Å². The fourth-order valence-electron chi connectivity index (χ4n) is 0.970. The molecule has 0 spiro atoms. The summed E-state index contributed by atoms with van der Waals surface area (Å²) in [4.78, 5) is 15.5. The lowest BCUT2D eigenvalue weighted by molar-refractivity contribution is 0.0593. The Balaban J connectivity index is 3.45. The molecule has 0 saturated heterocycles. The number of alkyl halides is 1. The molecule has 0 saturated carbocycles. The summed E-state index contributed by atoms with van der Waals surface area (Å²) in [7, 11) is 1.31. The highest BCUT2D eigenvalue weighted by Crippen LogP contribution is 2.33. The van der Waals surface area contributed by atoms with E-state index in [0.29, 0.717) is 25.7 Å². The Kier molecular flexibility index (Phi) is 4.54. The van der Waals surface area contributed by atoms with Crippen LogP contribution in [0.25, 0.3) is 0 Å². The summed E-state index contributed by atoms with van der Waals surface area (Å²) >= 11 is 9.74. The Labute approximate surface area is 112 Å². The highest BCUT2D eigenvalue weighted by atomic mass is 79.9. The lowest BCUT2D eigenvalue weighted by atomic mass is 10.2. The first-order chi connectivity index (χ1) is 7.02. The predicted octanol–water partition coefficient (Wildman–Crippen LogP) is 2.87. The Hall–Kier alpha value is -0.140. The zero-order valence-corrected chi connectivity index (χ0v) is 12.4. The molecule has 2 N–H and O–H groups in total. The van der Waals surface area contributed by atoms with Crippen LogP contribution < -0.4 is 5.73 Å². The summed E-state index contributed by atoms with van der Waals surface area (Å²) in [5.41, 5.74) is 7.10. The van der Waals surface area contributed by atoms with E-state index in [1.54, 1.807) is 0 Å². The van der Waals surface area contributed by atoms with Gasteiger partial charge >= 0.3 is 5.97 Å². The second-order valence-electron chi connectivity index (χ2n) is 2.58. The van der Waals surface area contributed by atoms with Gasteiger partial charge < -0.3 is 10.5 Å². The standard InChI is InChI=1S/C8H7Br3N2O2/c1-15-8(14)6-3(2-9)4(10)5(12)7(11)13-6/h2,12H2,1H3. The van der Waals surface area contributed by atoms with Gasteiger partial charge in [-0.1, -0.05) is 15.9 Å². The van der Waals surface area contributed by atoms with E-state index >= 15 is 0 Å². The molecule has 0 aliphatic rings. The normalized spacial score (nSPS) is 10.1. The van der Waals surface area contributed by atoms with Crippen LogP contribution in [0.1, 0.15) is 16.1 Å². The third-order valence-electron chi connectivity index (χ3n) is 1.73. The van der Waals surface area contributed by atoms with Gasteiger partial charge in [-0.2, -0.15) is 0 Å². The van der Waals surface area contributed by atoms with Crippen molar-refractivity contribution in [1.29, 1.82) is 0 Å². The van der Waals surface area contributed by atoms with Crippen LogP contribution in [-0.2, 0) is 10.1 Å². The number of carbonyl (C=O) groups excluding carboxylic acids is 1. The molecule has 0 radical (unpaired) electrons. The number of nitrogens with two attached hydrogens (primary N) is 1. The lowest BCUT2D eigenvalue weighted by Gasteiger charge is -2.10. The van der Waals surface area contributed by atoms with Crippen molar-refractivity contribution in [2.75, 3.05) is 12.8 Å². The number of rotatable bonds is 2. The van der Waals surface area contributed by atoms with Gasteiger partial charge in [-0.15, -0.1) is 0 Å². The fourth-order valence-corrected chi connectivity index (χ4v) is 3.05. The molecule has 15 heavy (non-hydrogen) atoms. The summed E-state index contributed by atoms with van der Waals surface area (Å²) in [6.45, 7) is 0. The van der Waals surface area contributed by atoms with E-state index in [4.69, 9.17) is 5.73 Å². The molecule has 4 nitrogen and oxygen atoms in total. The molecule has 1 heterocycles. The summed E-state index contributed by atoms with van der Waals surface area (Å²) in [6.07, 6.45) is 0. The van der Waals surface area contributed by atoms with E-state index < -0.39 is 5.97 Å². The van der Waals surface area contributed by atoms with Crippen LogP contribution in [-0.4, -0.2) is 18.1 Å². The van der Waals surface area contributed by atoms with Crippen LogP contribution in [0.15, 0.2) is 9.08 Å². The first kappa shape index (κ1) is 12.9. The number of carbonyl (C=O) groups is 1. The quantitative estimate of drug-likeness (QED) is 0.469. The number of ether oxygens (including phenoxy) is 1. The maximum atomic E-state index is 11.4. The number of pyridine rings is 1. The minimum Gasteiger partial charge on any atom is -0.464 e. The molecule has 7 heteroatoms. The number of hydrogen-bond donors (Lipinski definition) is 1. The van der Waals surface area contributed by atoms with Crippen LogP contribution in [0.5, 0.6) is 0 Å². The minimum atomic E-state index is -0.495. The van der Waals surface area contributed by atoms with Gasteiger partial charge in [0.15, 0.2) is 5.69 Å². The molecule has 0 unspecified atom stereocenters. The summed E-state index contributed by atoms with van der Waals surface area (Å²) in [5, 5.41) is 0.461. The van der Waals surface area contributed by atoms with Gasteiger partial charge in [0.1, 0.15) is 4.60 Å². The Morgan fingerprint density at radius 1 is 1.53 bits per heavy atom. The van der Waals surface area contributed by atoms with Gasteiger partial charge in [-0.3, -0.25) is 0 Å². The molecule has 0 fully saturated rings. The highest BCUT2D eigenvalue weighted by Gasteiger charge is 2.19. The molecule has 0 amide bonds. The molecule has 1 aromatic heterocycles. The molecule has 0 atom stereocenters. The molecule has 1 aromatic rings. The van der Waals surface area contributed by atoms with Crippen molar-refractivity contribution in [2.45, 2.75) is 5.33 Å². The third-order valence-corrected chi connectivity index (χ3v) is 3.80. The van der Waals surface area contributed by atoms with Crippen LogP contribution in [0.3, 0.4) is 0 Å². The second kappa shape index (κ2) is 5.27. The first-order valence-electron chi connectivity index (χ1n) is 3.80. The van der Waals surface area contributed by atoms with E-state index in [-0.39, 0.29) is 5.69 Å². The topological polar surface area (TPSA) is 65.2 Å². The van der Waals surface area contributed by atoms with E-state index in [9.17, 15) is 4.79 Å². The summed E-state index contributed by atoms with van der Waals surface area (Å²) < 4.78 is 5.68. The van der Waals surface area contributed by atoms with Crippen molar-refractivity contribution in [3.63, 3.8) is 0 Å². The average molecular weight is 403 g/mol. The molecular weight excluding hydrogens is 396 g/mol. The number of esters is 1. The second-order valence-corrected chi connectivity index (χ2v) is 4.69. The van der Waals surface area contributed by atoms with Crippen LogP contribution in [0.4, 0.5) is 5.69 Å². The van der Waals surface area contributed by atoms with Crippen molar-refractivity contribution in [3.05, 3.63) is 20.3 Å². The number of anilines is 1.